The molecule has 0 aromatic carbocycles. The first-order valence-corrected chi connectivity index (χ1v) is 7.70. The van der Waals surface area contributed by atoms with Gasteiger partial charge in [0.15, 0.2) is 0 Å². The van der Waals surface area contributed by atoms with Crippen molar-refractivity contribution in [3.8, 4) is 0 Å². The average molecular weight is 327 g/mol. The highest BCUT2D eigenvalue weighted by Gasteiger charge is 2.26. The van der Waals surface area contributed by atoms with E-state index in [0.717, 1.165) is 0 Å². The van der Waals surface area contributed by atoms with Crippen molar-refractivity contribution in [2.45, 2.75) is 12.8 Å². The number of hydrogen-bond acceptors (Lipinski definition) is 6. The lowest BCUT2D eigenvalue weighted by atomic mass is 9.96. The van der Waals surface area contributed by atoms with Gasteiger partial charge in [0.05, 0.1) is 16.8 Å². The Balaban J connectivity index is 1.55. The largest absolute Gasteiger partial charge is 0.357 e. The Hall–Kier alpha value is -3.03. The summed E-state index contributed by atoms with van der Waals surface area (Å²) in [7, 11) is 0. The van der Waals surface area contributed by atoms with Crippen LogP contribution in [0.25, 0.3) is 0 Å². The maximum atomic E-state index is 12.3. The third kappa shape index (κ3) is 3.65. The second-order valence-corrected chi connectivity index (χ2v) is 5.62. The minimum absolute atomic E-state index is 0.000640. The van der Waals surface area contributed by atoms with Crippen LogP contribution in [0, 0.1) is 16.0 Å². The zero-order valence-corrected chi connectivity index (χ0v) is 13.0. The molecule has 1 aliphatic heterocycles. The zero-order chi connectivity index (χ0) is 16.9. The fraction of sp³-hybridized carbons (Fsp3) is 0.312. The maximum Gasteiger partial charge on any atom is 0.287 e. The average Bonchev–Trinajstić information content (AvgIpc) is 2.63. The highest BCUT2D eigenvalue weighted by atomic mass is 16.6. The molecule has 0 bridgehead atoms. The molecule has 0 unspecified atom stereocenters. The maximum absolute atomic E-state index is 12.3. The predicted octanol–water partition coefficient (Wildman–Crippen LogP) is 2.24. The first-order chi connectivity index (χ1) is 11.6. The topological polar surface area (TPSA) is 101 Å². The summed E-state index contributed by atoms with van der Waals surface area (Å²) in [6.07, 6.45) is 5.96. The number of pyridine rings is 2. The van der Waals surface area contributed by atoms with Crippen molar-refractivity contribution >= 4 is 23.1 Å². The quantitative estimate of drug-likeness (QED) is 0.682. The first kappa shape index (κ1) is 15.9. The van der Waals surface area contributed by atoms with Gasteiger partial charge in [-0.15, -0.1) is 0 Å². The molecule has 0 spiro atoms. The summed E-state index contributed by atoms with van der Waals surface area (Å²) in [6.45, 7) is 1.38. The van der Waals surface area contributed by atoms with E-state index in [1.54, 1.807) is 30.6 Å². The van der Waals surface area contributed by atoms with Crippen LogP contribution in [0.1, 0.15) is 12.8 Å². The zero-order valence-electron chi connectivity index (χ0n) is 13.0. The molecule has 8 nitrogen and oxygen atoms in total. The molecule has 1 fully saturated rings. The fourth-order valence-corrected chi connectivity index (χ4v) is 2.73. The van der Waals surface area contributed by atoms with Crippen LogP contribution in [0.2, 0.25) is 0 Å². The van der Waals surface area contributed by atoms with Gasteiger partial charge < -0.3 is 10.2 Å². The van der Waals surface area contributed by atoms with Crippen molar-refractivity contribution in [3.05, 3.63) is 53.0 Å². The summed E-state index contributed by atoms with van der Waals surface area (Å²) in [4.78, 5) is 32.6. The van der Waals surface area contributed by atoms with Gasteiger partial charge in [-0.2, -0.15) is 0 Å². The van der Waals surface area contributed by atoms with Crippen molar-refractivity contribution in [2.24, 2.45) is 5.92 Å². The lowest BCUT2D eigenvalue weighted by Crippen LogP contribution is -2.38. The molecule has 3 rings (SSSR count). The first-order valence-electron chi connectivity index (χ1n) is 7.70. The van der Waals surface area contributed by atoms with Crippen LogP contribution in [0.3, 0.4) is 0 Å². The highest BCUT2D eigenvalue weighted by molar-refractivity contribution is 5.92. The lowest BCUT2D eigenvalue weighted by Gasteiger charge is -2.32. The minimum Gasteiger partial charge on any atom is -0.357 e. The van der Waals surface area contributed by atoms with Gasteiger partial charge in [0.2, 0.25) is 5.91 Å². The molecule has 1 N–H and O–H groups in total. The number of carbonyl (C=O) groups excluding carboxylic acids is 1. The Morgan fingerprint density at radius 1 is 1.25 bits per heavy atom. The molecule has 3 heterocycles. The molecule has 1 saturated heterocycles. The minimum atomic E-state index is -0.466. The second kappa shape index (κ2) is 7.03. The molecule has 24 heavy (non-hydrogen) atoms. The summed E-state index contributed by atoms with van der Waals surface area (Å²) < 4.78 is 0. The number of rotatable bonds is 4. The SMILES string of the molecule is O=C(Nc1cccnc1)C1CCN(c2ccc([N+](=O)[O-])cn2)CC1. The van der Waals surface area contributed by atoms with Gasteiger partial charge in [0.1, 0.15) is 12.0 Å². The molecule has 8 heteroatoms. The summed E-state index contributed by atoms with van der Waals surface area (Å²) in [5, 5.41) is 13.5. The van der Waals surface area contributed by atoms with E-state index in [-0.39, 0.29) is 17.5 Å². The summed E-state index contributed by atoms with van der Waals surface area (Å²) in [5.41, 5.74) is 0.673. The molecule has 0 aliphatic carbocycles. The number of piperidine rings is 1. The number of nitrogens with one attached hydrogen (secondary N) is 1. The third-order valence-electron chi connectivity index (χ3n) is 4.06. The van der Waals surface area contributed by atoms with Crippen LogP contribution in [0.4, 0.5) is 17.2 Å². The van der Waals surface area contributed by atoms with Crippen LogP contribution < -0.4 is 10.2 Å². The van der Waals surface area contributed by atoms with E-state index >= 15 is 0 Å². The standard InChI is InChI=1S/C16H17N5O3/c22-16(19-13-2-1-7-17-10-13)12-5-8-20(9-6-12)15-4-3-14(11-18-15)21(23)24/h1-4,7,10-12H,5-6,8-9H2,(H,19,22). The Labute approximate surface area is 138 Å². The number of hydrogen-bond donors (Lipinski definition) is 1. The molecule has 2 aromatic rings. The van der Waals surface area contributed by atoms with Gasteiger partial charge in [-0.1, -0.05) is 0 Å². The Morgan fingerprint density at radius 3 is 2.62 bits per heavy atom. The highest BCUT2D eigenvalue weighted by Crippen LogP contribution is 2.24. The molecular formula is C16H17N5O3. The number of nitro groups is 1. The van der Waals surface area contributed by atoms with Gasteiger partial charge in [-0.05, 0) is 31.0 Å². The third-order valence-corrected chi connectivity index (χ3v) is 4.06. The summed E-state index contributed by atoms with van der Waals surface area (Å²) >= 11 is 0. The van der Waals surface area contributed by atoms with E-state index < -0.39 is 4.92 Å². The number of aromatic nitrogens is 2. The molecular weight excluding hydrogens is 310 g/mol. The van der Waals surface area contributed by atoms with E-state index in [1.807, 2.05) is 4.90 Å². The van der Waals surface area contributed by atoms with Crippen molar-refractivity contribution in [1.29, 1.82) is 0 Å². The predicted molar refractivity (Wildman–Crippen MR) is 88.7 cm³/mol. The smallest absolute Gasteiger partial charge is 0.287 e. The molecule has 1 aliphatic rings. The van der Waals surface area contributed by atoms with Gasteiger partial charge in [0.25, 0.3) is 5.69 Å². The number of carbonyl (C=O) groups is 1. The molecule has 0 saturated carbocycles. The van der Waals surface area contributed by atoms with E-state index in [9.17, 15) is 14.9 Å². The van der Waals surface area contributed by atoms with Crippen molar-refractivity contribution in [1.82, 2.24) is 9.97 Å². The number of anilines is 2. The van der Waals surface area contributed by atoms with E-state index in [0.29, 0.717) is 37.4 Å². The van der Waals surface area contributed by atoms with E-state index in [1.165, 1.54) is 12.3 Å². The molecule has 0 radical (unpaired) electrons. The Bertz CT molecular complexity index is 712. The Morgan fingerprint density at radius 2 is 2.04 bits per heavy atom. The summed E-state index contributed by atoms with van der Waals surface area (Å²) in [6, 6.07) is 6.68. The van der Waals surface area contributed by atoms with Gasteiger partial charge >= 0.3 is 0 Å². The molecule has 1 amide bonds. The van der Waals surface area contributed by atoms with Gasteiger partial charge in [-0.25, -0.2) is 4.98 Å². The molecule has 2 aromatic heterocycles. The molecule has 0 atom stereocenters. The van der Waals surface area contributed by atoms with Crippen molar-refractivity contribution in [2.75, 3.05) is 23.3 Å². The number of amides is 1. The van der Waals surface area contributed by atoms with Crippen molar-refractivity contribution < 1.29 is 9.72 Å². The van der Waals surface area contributed by atoms with Crippen LogP contribution in [0.15, 0.2) is 42.9 Å². The Kier molecular flexibility index (Phi) is 4.64. The monoisotopic (exact) mass is 327 g/mol. The molecule has 124 valence electrons. The lowest BCUT2D eigenvalue weighted by molar-refractivity contribution is -0.385. The van der Waals surface area contributed by atoms with Crippen LogP contribution in [0.5, 0.6) is 0 Å². The van der Waals surface area contributed by atoms with E-state index in [4.69, 9.17) is 0 Å². The van der Waals surface area contributed by atoms with Gasteiger partial charge in [0, 0.05) is 31.3 Å². The summed E-state index contributed by atoms with van der Waals surface area (Å²) in [5.74, 6) is 0.644. The van der Waals surface area contributed by atoms with Crippen LogP contribution in [-0.2, 0) is 4.79 Å². The van der Waals surface area contributed by atoms with Gasteiger partial charge in [-0.3, -0.25) is 19.9 Å². The fourth-order valence-electron chi connectivity index (χ4n) is 2.73. The normalized spacial score (nSPS) is 15.1. The number of nitrogens with zero attached hydrogens (tertiary/aromatic N) is 4. The van der Waals surface area contributed by atoms with Crippen molar-refractivity contribution in [3.63, 3.8) is 0 Å². The van der Waals surface area contributed by atoms with Crippen LogP contribution in [-0.4, -0.2) is 33.9 Å². The van der Waals surface area contributed by atoms with Crippen LogP contribution >= 0.6 is 0 Å². The second-order valence-electron chi connectivity index (χ2n) is 5.62. The van der Waals surface area contributed by atoms with E-state index in [2.05, 4.69) is 15.3 Å².